The summed E-state index contributed by atoms with van der Waals surface area (Å²) in [5.74, 6) is -1.77. The van der Waals surface area contributed by atoms with Crippen molar-refractivity contribution in [1.82, 2.24) is 4.31 Å². The second-order valence-corrected chi connectivity index (χ2v) is 8.41. The highest BCUT2D eigenvalue weighted by atomic mass is 32.2. The number of halogens is 2. The van der Waals surface area contributed by atoms with Gasteiger partial charge in [0.15, 0.2) is 0 Å². The van der Waals surface area contributed by atoms with E-state index in [1.165, 1.54) is 4.31 Å². The number of nitrogens with zero attached hydrogens (tertiary/aromatic N) is 2. The second kappa shape index (κ2) is 9.24. The largest absolute Gasteiger partial charge is 0.433 e. The molecule has 1 aliphatic heterocycles. The zero-order valence-electron chi connectivity index (χ0n) is 15.1. The van der Waals surface area contributed by atoms with E-state index >= 15 is 0 Å². The van der Waals surface area contributed by atoms with Crippen LogP contribution in [0.3, 0.4) is 0 Å². The van der Waals surface area contributed by atoms with Crippen LogP contribution in [0, 0.1) is 16.0 Å². The third kappa shape index (κ3) is 5.58. The first-order valence-electron chi connectivity index (χ1n) is 8.66. The Labute approximate surface area is 160 Å². The van der Waals surface area contributed by atoms with E-state index in [9.17, 15) is 32.1 Å². The fraction of sp³-hybridized carbons (Fsp3) is 0.562. The van der Waals surface area contributed by atoms with Crippen LogP contribution in [0.25, 0.3) is 0 Å². The predicted octanol–water partition coefficient (Wildman–Crippen LogP) is 2.59. The number of nitro benzene ring substituents is 1. The molecule has 9 nitrogen and oxygen atoms in total. The van der Waals surface area contributed by atoms with E-state index in [2.05, 4.69) is 10.1 Å². The summed E-state index contributed by atoms with van der Waals surface area (Å²) < 4.78 is 55.1. The van der Waals surface area contributed by atoms with E-state index in [0.29, 0.717) is 25.8 Å². The molecule has 0 radical (unpaired) electrons. The maximum Gasteiger partial charge on any atom is 0.387 e. The number of hydrogen-bond donors (Lipinski definition) is 1. The van der Waals surface area contributed by atoms with Gasteiger partial charge < -0.3 is 10.1 Å². The number of carbonyl (C=O) groups excluding carboxylic acids is 1. The second-order valence-electron chi connectivity index (χ2n) is 6.32. The highest BCUT2D eigenvalue weighted by molar-refractivity contribution is 7.89. The molecule has 1 heterocycles. The van der Waals surface area contributed by atoms with Crippen LogP contribution in [0.1, 0.15) is 26.2 Å². The van der Waals surface area contributed by atoms with Gasteiger partial charge in [0.25, 0.3) is 5.69 Å². The van der Waals surface area contributed by atoms with E-state index < -0.39 is 44.8 Å². The smallest absolute Gasteiger partial charge is 0.387 e. The quantitative estimate of drug-likeness (QED) is 0.509. The van der Waals surface area contributed by atoms with Gasteiger partial charge in [0.1, 0.15) is 5.75 Å². The zero-order valence-corrected chi connectivity index (χ0v) is 16.0. The van der Waals surface area contributed by atoms with Crippen LogP contribution in [0.5, 0.6) is 5.75 Å². The van der Waals surface area contributed by atoms with Crippen LogP contribution in [-0.2, 0) is 14.8 Å². The molecule has 1 aromatic rings. The van der Waals surface area contributed by atoms with E-state index in [1.807, 2.05) is 0 Å². The molecule has 0 aliphatic carbocycles. The van der Waals surface area contributed by atoms with Gasteiger partial charge in [0.05, 0.1) is 22.3 Å². The van der Waals surface area contributed by atoms with Gasteiger partial charge in [-0.05, 0) is 25.3 Å². The predicted molar refractivity (Wildman–Crippen MR) is 96.7 cm³/mol. The van der Waals surface area contributed by atoms with Gasteiger partial charge in [-0.25, -0.2) is 12.7 Å². The number of rotatable bonds is 8. The van der Waals surface area contributed by atoms with Crippen LogP contribution in [0.15, 0.2) is 18.2 Å². The number of piperidine rings is 1. The van der Waals surface area contributed by atoms with Crippen molar-refractivity contribution in [3.05, 3.63) is 28.3 Å². The van der Waals surface area contributed by atoms with E-state index in [0.717, 1.165) is 18.2 Å². The summed E-state index contributed by atoms with van der Waals surface area (Å²) in [6.07, 6.45) is 1.32. The topological polar surface area (TPSA) is 119 Å². The van der Waals surface area contributed by atoms with Gasteiger partial charge >= 0.3 is 6.61 Å². The molecule has 1 N–H and O–H groups in total. The van der Waals surface area contributed by atoms with Crippen LogP contribution in [0.4, 0.5) is 20.2 Å². The fourth-order valence-corrected chi connectivity index (χ4v) is 4.55. The van der Waals surface area contributed by atoms with Gasteiger partial charge in [-0.15, -0.1) is 0 Å². The Morgan fingerprint density at radius 1 is 1.46 bits per heavy atom. The number of hydrogen-bond acceptors (Lipinski definition) is 6. The molecule has 28 heavy (non-hydrogen) atoms. The molecule has 0 aromatic heterocycles. The summed E-state index contributed by atoms with van der Waals surface area (Å²) in [4.78, 5) is 22.8. The van der Waals surface area contributed by atoms with Gasteiger partial charge in [-0.3, -0.25) is 14.9 Å². The lowest BCUT2D eigenvalue weighted by molar-refractivity contribution is -0.384. The zero-order chi connectivity index (χ0) is 20.9. The average molecular weight is 421 g/mol. The van der Waals surface area contributed by atoms with Gasteiger partial charge in [-0.2, -0.15) is 8.78 Å². The number of nitrogens with one attached hydrogen (secondary N) is 1. The fourth-order valence-electron chi connectivity index (χ4n) is 2.96. The maximum atomic E-state index is 12.6. The SMILES string of the molecule is CCCS(=O)(=O)N1CCC[C@H](C(=O)Nc2cc([N+](=O)[O-])ccc2OC(F)F)C1. The number of alkyl halides is 2. The summed E-state index contributed by atoms with van der Waals surface area (Å²) in [6, 6.07) is 2.87. The Kier molecular flexibility index (Phi) is 7.24. The van der Waals surface area contributed by atoms with Crippen LogP contribution < -0.4 is 10.1 Å². The minimum Gasteiger partial charge on any atom is -0.433 e. The standard InChI is InChI=1S/C16H21F2N3O6S/c1-2-8-28(25,26)20-7-3-4-11(10-20)15(22)19-13-9-12(21(23)24)5-6-14(13)27-16(17)18/h5-6,9,11,16H,2-4,7-8,10H2,1H3,(H,19,22)/t11-/m0/s1. The average Bonchev–Trinajstić information content (AvgIpc) is 2.62. The van der Waals surface area contributed by atoms with Crippen molar-refractivity contribution < 1.29 is 31.7 Å². The van der Waals surface area contributed by atoms with Crippen molar-refractivity contribution in [2.24, 2.45) is 5.92 Å². The van der Waals surface area contributed by atoms with Crippen molar-refractivity contribution in [1.29, 1.82) is 0 Å². The Balaban J connectivity index is 2.19. The van der Waals surface area contributed by atoms with Gasteiger partial charge in [0.2, 0.25) is 15.9 Å². The Morgan fingerprint density at radius 3 is 2.79 bits per heavy atom. The Bertz CT molecular complexity index is 834. The minimum atomic E-state index is -3.47. The van der Waals surface area contributed by atoms with E-state index in [1.54, 1.807) is 6.92 Å². The van der Waals surface area contributed by atoms with E-state index in [-0.39, 0.29) is 18.0 Å². The molecule has 1 aromatic carbocycles. The lowest BCUT2D eigenvalue weighted by Gasteiger charge is -2.31. The first-order chi connectivity index (χ1) is 13.1. The third-order valence-corrected chi connectivity index (χ3v) is 6.30. The summed E-state index contributed by atoms with van der Waals surface area (Å²) in [5.41, 5.74) is -0.680. The molecule has 2 rings (SSSR count). The highest BCUT2D eigenvalue weighted by Gasteiger charge is 2.32. The lowest BCUT2D eigenvalue weighted by atomic mass is 9.98. The van der Waals surface area contributed by atoms with Crippen molar-refractivity contribution in [3.63, 3.8) is 0 Å². The first kappa shape index (κ1) is 22.0. The number of benzene rings is 1. The van der Waals surface area contributed by atoms with Crippen molar-refractivity contribution in [2.45, 2.75) is 32.8 Å². The number of ether oxygens (including phenoxy) is 1. The molecule has 0 unspecified atom stereocenters. The normalized spacial score (nSPS) is 18.1. The number of sulfonamides is 1. The maximum absolute atomic E-state index is 12.6. The van der Waals surface area contributed by atoms with Crippen LogP contribution in [-0.4, -0.2) is 49.0 Å². The molecular weight excluding hydrogens is 400 g/mol. The highest BCUT2D eigenvalue weighted by Crippen LogP contribution is 2.31. The molecule has 0 saturated carbocycles. The number of non-ortho nitro benzene ring substituents is 1. The van der Waals surface area contributed by atoms with Gasteiger partial charge in [0, 0.05) is 25.2 Å². The molecule has 1 aliphatic rings. The number of amides is 1. The Hall–Kier alpha value is -2.34. The summed E-state index contributed by atoms with van der Waals surface area (Å²) in [7, 11) is -3.47. The van der Waals surface area contributed by atoms with Crippen LogP contribution >= 0.6 is 0 Å². The molecule has 0 bridgehead atoms. The van der Waals surface area contributed by atoms with Gasteiger partial charge in [-0.1, -0.05) is 6.92 Å². The van der Waals surface area contributed by atoms with E-state index in [4.69, 9.17) is 0 Å². The number of nitro groups is 1. The molecule has 0 spiro atoms. The van der Waals surface area contributed by atoms with Crippen molar-refractivity contribution in [2.75, 3.05) is 24.2 Å². The monoisotopic (exact) mass is 421 g/mol. The summed E-state index contributed by atoms with van der Waals surface area (Å²) in [5, 5.41) is 13.3. The summed E-state index contributed by atoms with van der Waals surface area (Å²) in [6.45, 7) is -1.17. The molecule has 12 heteroatoms. The van der Waals surface area contributed by atoms with Crippen LogP contribution in [0.2, 0.25) is 0 Å². The molecule has 1 saturated heterocycles. The third-order valence-electron chi connectivity index (χ3n) is 4.26. The molecule has 1 amide bonds. The molecular formula is C16H21F2N3O6S. The van der Waals surface area contributed by atoms with Crippen molar-refractivity contribution >= 4 is 27.3 Å². The molecule has 156 valence electrons. The number of carbonyl (C=O) groups is 1. The van der Waals surface area contributed by atoms with Crippen molar-refractivity contribution in [3.8, 4) is 5.75 Å². The molecule has 1 fully saturated rings. The first-order valence-corrected chi connectivity index (χ1v) is 10.3. The summed E-state index contributed by atoms with van der Waals surface area (Å²) >= 11 is 0. The minimum absolute atomic E-state index is 0.0292. The Morgan fingerprint density at radius 2 is 2.18 bits per heavy atom. The lowest BCUT2D eigenvalue weighted by Crippen LogP contribution is -2.44. The molecule has 1 atom stereocenters. The number of anilines is 1.